The molecule has 0 amide bonds. The van der Waals surface area contributed by atoms with Crippen molar-refractivity contribution in [3.63, 3.8) is 0 Å². The molecule has 2 heteroatoms. The first-order valence-electron chi connectivity index (χ1n) is 19.1. The highest BCUT2D eigenvalue weighted by molar-refractivity contribution is 6.14. The number of hydrogen-bond acceptors (Lipinski definition) is 2. The molecule has 0 atom stereocenters. The van der Waals surface area contributed by atoms with Gasteiger partial charge in [-0.25, -0.2) is 0 Å². The molecule has 0 spiro atoms. The molecule has 0 aliphatic rings. The van der Waals surface area contributed by atoms with E-state index in [-0.39, 0.29) is 0 Å². The maximum Gasteiger partial charge on any atom is 0.137 e. The summed E-state index contributed by atoms with van der Waals surface area (Å²) in [5.74, 6) is 0. The highest BCUT2D eigenvalue weighted by Crippen LogP contribution is 2.50. The Morgan fingerprint density at radius 3 is 1.39 bits per heavy atom. The van der Waals surface area contributed by atoms with Gasteiger partial charge in [0.1, 0.15) is 11.2 Å². The standard InChI is InChI=1S/C54H37NO/c1-4-16-38(17-5-1)39-30-32-40(33-31-39)41-34-36-44(37-35-41)55(50-27-15-29-52-54(50)48-24-12-13-28-51(48)56-52)49-26-14-25-46(43-20-8-3-9-21-43)53(49)47-23-11-10-22-45(47)42-18-6-2-7-19-42/h1-37H. The largest absolute Gasteiger partial charge is 0.456 e. The van der Waals surface area contributed by atoms with Crippen molar-refractivity contribution in [2.45, 2.75) is 0 Å². The van der Waals surface area contributed by atoms with E-state index in [9.17, 15) is 0 Å². The van der Waals surface area contributed by atoms with E-state index in [4.69, 9.17) is 4.42 Å². The molecule has 0 aliphatic carbocycles. The van der Waals surface area contributed by atoms with Crippen LogP contribution in [0.5, 0.6) is 0 Å². The van der Waals surface area contributed by atoms with Gasteiger partial charge in [0.25, 0.3) is 0 Å². The van der Waals surface area contributed by atoms with E-state index in [2.05, 4.69) is 223 Å². The first kappa shape index (κ1) is 33.2. The second kappa shape index (κ2) is 14.4. The van der Waals surface area contributed by atoms with Gasteiger partial charge in [-0.05, 0) is 86.5 Å². The average molecular weight is 716 g/mol. The van der Waals surface area contributed by atoms with Crippen molar-refractivity contribution in [2.75, 3.05) is 4.90 Å². The van der Waals surface area contributed by atoms with E-state index in [0.717, 1.165) is 66.8 Å². The zero-order valence-corrected chi connectivity index (χ0v) is 30.7. The van der Waals surface area contributed by atoms with Gasteiger partial charge < -0.3 is 9.32 Å². The third-order valence-corrected chi connectivity index (χ3v) is 10.7. The van der Waals surface area contributed by atoms with Gasteiger partial charge >= 0.3 is 0 Å². The summed E-state index contributed by atoms with van der Waals surface area (Å²) in [6.45, 7) is 0. The zero-order valence-electron chi connectivity index (χ0n) is 30.7. The molecule has 0 bridgehead atoms. The molecule has 10 aromatic rings. The van der Waals surface area contributed by atoms with Crippen LogP contribution in [0.1, 0.15) is 0 Å². The van der Waals surface area contributed by atoms with Crippen molar-refractivity contribution < 1.29 is 4.42 Å². The summed E-state index contributed by atoms with van der Waals surface area (Å²) in [6.07, 6.45) is 0. The lowest BCUT2D eigenvalue weighted by Gasteiger charge is -2.30. The molecule has 0 saturated carbocycles. The molecular formula is C54H37NO. The van der Waals surface area contributed by atoms with Gasteiger partial charge in [-0.15, -0.1) is 0 Å². The van der Waals surface area contributed by atoms with Crippen molar-refractivity contribution in [1.29, 1.82) is 0 Å². The van der Waals surface area contributed by atoms with Crippen molar-refractivity contribution >= 4 is 39.0 Å². The fraction of sp³-hybridized carbons (Fsp3) is 0. The Hall–Kier alpha value is -7.42. The lowest BCUT2D eigenvalue weighted by atomic mass is 9.87. The van der Waals surface area contributed by atoms with E-state index in [1.807, 2.05) is 6.07 Å². The smallest absolute Gasteiger partial charge is 0.137 e. The lowest BCUT2D eigenvalue weighted by molar-refractivity contribution is 0.669. The van der Waals surface area contributed by atoms with Gasteiger partial charge in [-0.1, -0.05) is 188 Å². The number of hydrogen-bond donors (Lipinski definition) is 0. The Kier molecular flexibility index (Phi) is 8.55. The summed E-state index contributed by atoms with van der Waals surface area (Å²) in [5.41, 5.74) is 16.7. The first-order chi connectivity index (χ1) is 27.8. The minimum absolute atomic E-state index is 0.856. The van der Waals surface area contributed by atoms with Crippen LogP contribution in [-0.4, -0.2) is 0 Å². The molecule has 1 heterocycles. The van der Waals surface area contributed by atoms with E-state index < -0.39 is 0 Å². The van der Waals surface area contributed by atoms with Crippen LogP contribution in [0.15, 0.2) is 229 Å². The van der Waals surface area contributed by atoms with Crippen LogP contribution in [0.3, 0.4) is 0 Å². The Balaban J connectivity index is 1.21. The highest BCUT2D eigenvalue weighted by atomic mass is 16.3. The molecule has 0 fully saturated rings. The van der Waals surface area contributed by atoms with Crippen molar-refractivity contribution in [2.24, 2.45) is 0 Å². The number of anilines is 3. The van der Waals surface area contributed by atoms with Crippen LogP contribution in [0.2, 0.25) is 0 Å². The third kappa shape index (κ3) is 6.04. The second-order valence-electron chi connectivity index (χ2n) is 14.1. The number of fused-ring (bicyclic) bond motifs is 3. The monoisotopic (exact) mass is 715 g/mol. The Morgan fingerprint density at radius 1 is 0.286 bits per heavy atom. The van der Waals surface area contributed by atoms with E-state index in [1.54, 1.807) is 0 Å². The molecular weight excluding hydrogens is 679 g/mol. The summed E-state index contributed by atoms with van der Waals surface area (Å²) >= 11 is 0. The van der Waals surface area contributed by atoms with Gasteiger partial charge in [0, 0.05) is 16.6 Å². The predicted molar refractivity (Wildman–Crippen MR) is 236 cm³/mol. The second-order valence-corrected chi connectivity index (χ2v) is 14.1. The molecule has 264 valence electrons. The predicted octanol–water partition coefficient (Wildman–Crippen LogP) is 15.4. The topological polar surface area (TPSA) is 16.4 Å². The van der Waals surface area contributed by atoms with Crippen LogP contribution in [0.4, 0.5) is 17.1 Å². The summed E-state index contributed by atoms with van der Waals surface area (Å²) in [5, 5.41) is 2.17. The molecule has 0 N–H and O–H groups in total. The maximum atomic E-state index is 6.49. The van der Waals surface area contributed by atoms with Crippen LogP contribution < -0.4 is 4.90 Å². The summed E-state index contributed by atoms with van der Waals surface area (Å²) < 4.78 is 6.49. The molecule has 10 rings (SSSR count). The molecule has 0 radical (unpaired) electrons. The number of nitrogens with zero attached hydrogens (tertiary/aromatic N) is 1. The normalized spacial score (nSPS) is 11.2. The maximum absolute atomic E-state index is 6.49. The van der Waals surface area contributed by atoms with Crippen molar-refractivity contribution in [1.82, 2.24) is 0 Å². The Bertz CT molecular complexity index is 2930. The van der Waals surface area contributed by atoms with Gasteiger partial charge in [0.2, 0.25) is 0 Å². The van der Waals surface area contributed by atoms with Gasteiger partial charge in [-0.3, -0.25) is 0 Å². The summed E-state index contributed by atoms with van der Waals surface area (Å²) in [6, 6.07) is 80.1. The minimum Gasteiger partial charge on any atom is -0.456 e. The van der Waals surface area contributed by atoms with Crippen LogP contribution in [-0.2, 0) is 0 Å². The fourth-order valence-electron chi connectivity index (χ4n) is 8.08. The summed E-state index contributed by atoms with van der Waals surface area (Å²) in [7, 11) is 0. The number of furan rings is 1. The van der Waals surface area contributed by atoms with E-state index in [0.29, 0.717) is 0 Å². The number of benzene rings is 9. The van der Waals surface area contributed by atoms with Crippen LogP contribution in [0, 0.1) is 0 Å². The average Bonchev–Trinajstić information content (AvgIpc) is 3.67. The van der Waals surface area contributed by atoms with Crippen LogP contribution >= 0.6 is 0 Å². The van der Waals surface area contributed by atoms with E-state index in [1.165, 1.54) is 27.8 Å². The van der Waals surface area contributed by atoms with Crippen molar-refractivity contribution in [3.05, 3.63) is 224 Å². The first-order valence-corrected chi connectivity index (χ1v) is 19.1. The van der Waals surface area contributed by atoms with E-state index >= 15 is 0 Å². The Morgan fingerprint density at radius 2 is 0.732 bits per heavy atom. The van der Waals surface area contributed by atoms with Gasteiger partial charge in [0.15, 0.2) is 0 Å². The Labute approximate surface area is 327 Å². The zero-order chi connectivity index (χ0) is 37.3. The molecule has 0 saturated heterocycles. The number of rotatable bonds is 8. The third-order valence-electron chi connectivity index (χ3n) is 10.7. The number of para-hydroxylation sites is 1. The molecule has 1 aromatic heterocycles. The summed E-state index contributed by atoms with van der Waals surface area (Å²) in [4.78, 5) is 2.43. The minimum atomic E-state index is 0.856. The SMILES string of the molecule is c1ccc(-c2ccc(-c3ccc(N(c4cccc(-c5ccccc5)c4-c4ccccc4-c4ccccc4)c4cccc5oc6ccccc6c45)cc3)cc2)cc1. The highest BCUT2D eigenvalue weighted by Gasteiger charge is 2.25. The van der Waals surface area contributed by atoms with Crippen molar-refractivity contribution in [3.8, 4) is 55.6 Å². The van der Waals surface area contributed by atoms with Crippen LogP contribution in [0.25, 0.3) is 77.6 Å². The fourth-order valence-corrected chi connectivity index (χ4v) is 8.08. The molecule has 0 unspecified atom stereocenters. The molecule has 0 aliphatic heterocycles. The van der Waals surface area contributed by atoms with Gasteiger partial charge in [0.05, 0.1) is 16.8 Å². The molecule has 2 nitrogen and oxygen atoms in total. The van der Waals surface area contributed by atoms with Gasteiger partial charge in [-0.2, -0.15) is 0 Å². The molecule has 9 aromatic carbocycles. The molecule has 56 heavy (non-hydrogen) atoms. The lowest BCUT2D eigenvalue weighted by Crippen LogP contribution is -2.12. The quantitative estimate of drug-likeness (QED) is 0.156.